The predicted molar refractivity (Wildman–Crippen MR) is 78.0 cm³/mol. The van der Waals surface area contributed by atoms with Crippen LogP contribution in [0.4, 0.5) is 0 Å². The molecule has 0 amide bonds. The fourth-order valence-electron chi connectivity index (χ4n) is 1.63. The summed E-state index contributed by atoms with van der Waals surface area (Å²) in [5.74, 6) is -0.940. The minimum atomic E-state index is -0.369. The first kappa shape index (κ1) is 15.6. The monoisotopic (exact) mass is 278 g/mol. The number of carbonyl (C=O) groups is 3. The molecule has 0 radical (unpaired) electrons. The highest BCUT2D eigenvalue weighted by Crippen LogP contribution is 2.32. The molecule has 0 spiro atoms. The number of Topliss-reactive ketones (excluding diaryl/α,β-unsaturated/α-hetero) is 2. The van der Waals surface area contributed by atoms with Gasteiger partial charge in [0.05, 0.1) is 10.5 Å². The van der Waals surface area contributed by atoms with Crippen molar-refractivity contribution in [3.05, 3.63) is 33.8 Å². The van der Waals surface area contributed by atoms with Crippen LogP contribution in [0, 0.1) is 0 Å². The van der Waals surface area contributed by atoms with Gasteiger partial charge < -0.3 is 0 Å². The summed E-state index contributed by atoms with van der Waals surface area (Å²) in [6.07, 6.45) is 2.90. The van der Waals surface area contributed by atoms with E-state index in [0.717, 1.165) is 0 Å². The van der Waals surface area contributed by atoms with Gasteiger partial charge in [-0.2, -0.15) is 0 Å². The van der Waals surface area contributed by atoms with Gasteiger partial charge in [0.15, 0.2) is 17.3 Å². The summed E-state index contributed by atoms with van der Waals surface area (Å²) >= 11 is 1.28. The first-order valence-electron chi connectivity index (χ1n) is 6.15. The predicted octanol–water partition coefficient (Wildman–Crippen LogP) is 3.02. The van der Waals surface area contributed by atoms with E-state index in [4.69, 9.17) is 0 Å². The van der Waals surface area contributed by atoms with E-state index in [1.54, 1.807) is 26.8 Å². The van der Waals surface area contributed by atoms with Crippen molar-refractivity contribution in [2.75, 3.05) is 0 Å². The minimum absolute atomic E-state index is 0.0184. The first-order chi connectivity index (χ1) is 8.79. The summed E-state index contributed by atoms with van der Waals surface area (Å²) in [5, 5.41) is 0.131. The SMILES string of the molecule is C/C=C(\C)C(=O)C1=C(SC(C)C)C(=O)C(C)=CC1=O. The third-order valence-corrected chi connectivity index (χ3v) is 3.85. The number of rotatable bonds is 4. The Morgan fingerprint density at radius 1 is 1.32 bits per heavy atom. The molecule has 0 saturated heterocycles. The summed E-state index contributed by atoms with van der Waals surface area (Å²) in [6.45, 7) is 8.83. The van der Waals surface area contributed by atoms with E-state index in [1.807, 2.05) is 13.8 Å². The van der Waals surface area contributed by atoms with Crippen LogP contribution in [0.2, 0.25) is 0 Å². The highest BCUT2D eigenvalue weighted by Gasteiger charge is 2.31. The van der Waals surface area contributed by atoms with Gasteiger partial charge in [0.1, 0.15) is 0 Å². The second kappa shape index (κ2) is 6.15. The molecule has 1 aliphatic rings. The van der Waals surface area contributed by atoms with Crippen LogP contribution in [-0.4, -0.2) is 22.6 Å². The van der Waals surface area contributed by atoms with Crippen molar-refractivity contribution in [1.82, 2.24) is 0 Å². The summed E-state index contributed by atoms with van der Waals surface area (Å²) in [7, 11) is 0. The number of allylic oxidation sites excluding steroid dienone is 6. The quantitative estimate of drug-likeness (QED) is 0.450. The summed E-state index contributed by atoms with van der Waals surface area (Å²) < 4.78 is 0. The highest BCUT2D eigenvalue weighted by molar-refractivity contribution is 8.04. The van der Waals surface area contributed by atoms with Gasteiger partial charge in [-0.3, -0.25) is 14.4 Å². The number of hydrogen-bond acceptors (Lipinski definition) is 4. The number of ketones is 3. The second-order valence-electron chi connectivity index (χ2n) is 4.69. The summed E-state index contributed by atoms with van der Waals surface area (Å²) in [4.78, 5) is 36.7. The lowest BCUT2D eigenvalue weighted by atomic mass is 9.92. The molecular weight excluding hydrogens is 260 g/mol. The van der Waals surface area contributed by atoms with E-state index in [1.165, 1.54) is 17.8 Å². The Kier molecular flexibility index (Phi) is 5.06. The van der Waals surface area contributed by atoms with Gasteiger partial charge >= 0.3 is 0 Å². The van der Waals surface area contributed by atoms with E-state index in [-0.39, 0.29) is 33.1 Å². The number of carbonyl (C=O) groups excluding carboxylic acids is 3. The van der Waals surface area contributed by atoms with Gasteiger partial charge in [-0.05, 0) is 32.4 Å². The van der Waals surface area contributed by atoms with Crippen molar-refractivity contribution in [1.29, 1.82) is 0 Å². The van der Waals surface area contributed by atoms with Crippen molar-refractivity contribution >= 4 is 29.1 Å². The average molecular weight is 278 g/mol. The Hall–Kier alpha value is -1.42. The Morgan fingerprint density at radius 3 is 2.37 bits per heavy atom. The maximum Gasteiger partial charge on any atom is 0.196 e. The molecule has 0 N–H and O–H groups in total. The molecule has 0 bridgehead atoms. The van der Waals surface area contributed by atoms with E-state index < -0.39 is 0 Å². The Labute approximate surface area is 117 Å². The van der Waals surface area contributed by atoms with Crippen molar-refractivity contribution in [2.45, 2.75) is 39.9 Å². The zero-order valence-electron chi connectivity index (χ0n) is 11.9. The topological polar surface area (TPSA) is 51.2 Å². The van der Waals surface area contributed by atoms with Gasteiger partial charge in [0.25, 0.3) is 0 Å². The Morgan fingerprint density at radius 2 is 1.89 bits per heavy atom. The third-order valence-electron chi connectivity index (χ3n) is 2.76. The largest absolute Gasteiger partial charge is 0.289 e. The minimum Gasteiger partial charge on any atom is -0.289 e. The Balaban J connectivity index is 3.39. The van der Waals surface area contributed by atoms with E-state index in [9.17, 15) is 14.4 Å². The molecule has 1 aliphatic carbocycles. The fraction of sp³-hybridized carbons (Fsp3) is 0.400. The maximum atomic E-state index is 12.2. The molecule has 0 saturated carbocycles. The van der Waals surface area contributed by atoms with E-state index in [0.29, 0.717) is 11.1 Å². The third kappa shape index (κ3) is 3.32. The molecule has 0 heterocycles. The van der Waals surface area contributed by atoms with Gasteiger partial charge in [0.2, 0.25) is 0 Å². The lowest BCUT2D eigenvalue weighted by Crippen LogP contribution is -2.23. The van der Waals surface area contributed by atoms with Crippen molar-refractivity contribution in [3.63, 3.8) is 0 Å². The summed E-state index contributed by atoms with van der Waals surface area (Å²) in [6, 6.07) is 0. The molecule has 0 atom stereocenters. The smallest absolute Gasteiger partial charge is 0.196 e. The molecule has 3 nitrogen and oxygen atoms in total. The molecule has 0 aromatic rings. The van der Waals surface area contributed by atoms with Gasteiger partial charge in [0, 0.05) is 10.8 Å². The van der Waals surface area contributed by atoms with Crippen LogP contribution in [0.5, 0.6) is 0 Å². The van der Waals surface area contributed by atoms with Crippen LogP contribution in [0.1, 0.15) is 34.6 Å². The van der Waals surface area contributed by atoms with E-state index in [2.05, 4.69) is 0 Å². The lowest BCUT2D eigenvalue weighted by Gasteiger charge is -2.17. The van der Waals surface area contributed by atoms with Crippen molar-refractivity contribution in [2.24, 2.45) is 0 Å². The van der Waals surface area contributed by atoms with Gasteiger partial charge in [-0.15, -0.1) is 11.8 Å². The van der Waals surface area contributed by atoms with E-state index >= 15 is 0 Å². The molecule has 0 unspecified atom stereocenters. The zero-order chi connectivity index (χ0) is 14.7. The molecule has 0 fully saturated rings. The number of hydrogen-bond donors (Lipinski definition) is 0. The molecule has 102 valence electrons. The number of thioether (sulfide) groups is 1. The molecular formula is C15H18O3S. The normalized spacial score (nSPS) is 17.2. The molecule has 0 aromatic heterocycles. The van der Waals surface area contributed by atoms with Crippen LogP contribution in [-0.2, 0) is 14.4 Å². The van der Waals surface area contributed by atoms with Crippen LogP contribution in [0.3, 0.4) is 0 Å². The zero-order valence-corrected chi connectivity index (χ0v) is 12.7. The standard InChI is InChI=1S/C15H18O3S/c1-6-9(4)13(17)12-11(16)7-10(5)14(18)15(12)19-8(2)3/h6-8H,1-5H3/b9-6+. The average Bonchev–Trinajstić information content (AvgIpc) is 2.33. The maximum absolute atomic E-state index is 12.2. The van der Waals surface area contributed by atoms with Gasteiger partial charge in [-0.1, -0.05) is 19.9 Å². The van der Waals surface area contributed by atoms with Crippen molar-refractivity contribution in [3.8, 4) is 0 Å². The van der Waals surface area contributed by atoms with Crippen LogP contribution >= 0.6 is 11.8 Å². The lowest BCUT2D eigenvalue weighted by molar-refractivity contribution is -0.119. The van der Waals surface area contributed by atoms with Crippen LogP contribution in [0.15, 0.2) is 33.8 Å². The second-order valence-corrected chi connectivity index (χ2v) is 6.28. The Bertz CT molecular complexity index is 534. The summed E-state index contributed by atoms with van der Waals surface area (Å²) in [5.41, 5.74) is 0.888. The van der Waals surface area contributed by atoms with Crippen LogP contribution in [0.25, 0.3) is 0 Å². The van der Waals surface area contributed by atoms with Gasteiger partial charge in [-0.25, -0.2) is 0 Å². The fourth-order valence-corrected chi connectivity index (χ4v) is 2.68. The molecule has 0 aliphatic heterocycles. The molecule has 0 aromatic carbocycles. The molecule has 19 heavy (non-hydrogen) atoms. The highest BCUT2D eigenvalue weighted by atomic mass is 32.2. The van der Waals surface area contributed by atoms with Crippen LogP contribution < -0.4 is 0 Å². The first-order valence-corrected chi connectivity index (χ1v) is 7.03. The molecule has 1 rings (SSSR count). The molecule has 4 heteroatoms. The van der Waals surface area contributed by atoms with Crippen molar-refractivity contribution < 1.29 is 14.4 Å².